The summed E-state index contributed by atoms with van der Waals surface area (Å²) in [5.41, 5.74) is 0. The molecular formula is C24H48O4Sn. The van der Waals surface area contributed by atoms with E-state index in [9.17, 15) is 19.8 Å². The zero-order chi connectivity index (χ0) is 23.7. The van der Waals surface area contributed by atoms with Gasteiger partial charge in [0.2, 0.25) is 0 Å². The van der Waals surface area contributed by atoms with E-state index in [1.165, 1.54) is 0 Å². The van der Waals surface area contributed by atoms with Gasteiger partial charge >= 0.3 is 69.5 Å². The van der Waals surface area contributed by atoms with Crippen molar-refractivity contribution >= 4 is 33.1 Å². The molecule has 2 atom stereocenters. The molecule has 0 rings (SSSR count). The normalized spacial score (nSPS) is 13.0. The second kappa shape index (κ2) is 18.5. The first-order valence-electron chi connectivity index (χ1n) is 11.4. The summed E-state index contributed by atoms with van der Waals surface area (Å²) in [4.78, 5) is 20.7. The fraction of sp³-hybridized carbons (Fsp3) is 0.917. The molecule has 0 amide bonds. The third kappa shape index (κ3) is 27.7. The Morgan fingerprint density at radius 1 is 0.690 bits per heavy atom. The Labute approximate surface area is 191 Å². The number of hydrogen-bond donors (Lipinski definition) is 0. The van der Waals surface area contributed by atoms with Crippen LogP contribution in [0.1, 0.15) is 121 Å². The zero-order valence-electron chi connectivity index (χ0n) is 20.9. The van der Waals surface area contributed by atoms with E-state index in [4.69, 9.17) is 0 Å². The van der Waals surface area contributed by atoms with E-state index < -0.39 is 11.9 Å². The zero-order valence-corrected chi connectivity index (χ0v) is 23.8. The van der Waals surface area contributed by atoms with Crippen LogP contribution >= 0.6 is 0 Å². The molecule has 0 aromatic carbocycles. The van der Waals surface area contributed by atoms with E-state index in [2.05, 4.69) is 55.4 Å². The van der Waals surface area contributed by atoms with Crippen molar-refractivity contribution in [2.24, 2.45) is 11.8 Å². The summed E-state index contributed by atoms with van der Waals surface area (Å²) in [6.07, 6.45) is 7.04. The Morgan fingerprint density at radius 3 is 1.07 bits per heavy atom. The number of carboxylic acid groups (broad SMARTS) is 2. The van der Waals surface area contributed by atoms with Crippen LogP contribution in [0.5, 0.6) is 0 Å². The van der Waals surface area contributed by atoms with Crippen molar-refractivity contribution in [1.82, 2.24) is 0 Å². The molecule has 2 unspecified atom stereocenters. The maximum atomic E-state index is 10.3. The van der Waals surface area contributed by atoms with E-state index in [0.29, 0.717) is 19.7 Å². The Hall–Kier alpha value is -0.261. The molecule has 0 spiro atoms. The van der Waals surface area contributed by atoms with Gasteiger partial charge in [0.25, 0.3) is 0 Å². The van der Waals surface area contributed by atoms with Gasteiger partial charge in [0.15, 0.2) is 0 Å². The van der Waals surface area contributed by atoms with Crippen LogP contribution in [-0.4, -0.2) is 33.1 Å². The molecule has 4 nitrogen and oxygen atoms in total. The molecule has 0 heterocycles. The van der Waals surface area contributed by atoms with Gasteiger partial charge in [-0.3, -0.25) is 0 Å². The van der Waals surface area contributed by atoms with Gasteiger partial charge < -0.3 is 19.8 Å². The van der Waals surface area contributed by atoms with Crippen LogP contribution in [0, 0.1) is 11.8 Å². The average Bonchev–Trinajstić information content (AvgIpc) is 2.53. The molecule has 0 saturated carbocycles. The van der Waals surface area contributed by atoms with Crippen molar-refractivity contribution < 1.29 is 19.8 Å². The Kier molecular flexibility index (Phi) is 21.3. The van der Waals surface area contributed by atoms with Gasteiger partial charge in [-0.2, -0.15) is 0 Å². The molecule has 0 aliphatic rings. The first-order valence-corrected chi connectivity index (χ1v) is 14.2. The molecule has 0 N–H and O–H groups in total. The summed E-state index contributed by atoms with van der Waals surface area (Å²) in [6, 6.07) is 0. The van der Waals surface area contributed by atoms with Gasteiger partial charge in [0, 0.05) is 11.9 Å². The standard InChI is InChI=1S/2C8H16O2.2C4H9.Sn/c2*1-3-5-6-7(4-2)8(9)10;2*1-4(2)3;/h2*7H,3-6H2,1-2H3,(H,9,10);2*1-3H3;/q;;;;+2/p-2. The molecule has 0 aromatic rings. The summed E-state index contributed by atoms with van der Waals surface area (Å²) in [5.74, 6) is -2.23. The van der Waals surface area contributed by atoms with Crippen molar-refractivity contribution in [3.63, 3.8) is 0 Å². The van der Waals surface area contributed by atoms with Gasteiger partial charge in [-0.05, 0) is 37.5 Å². The van der Waals surface area contributed by atoms with Crippen LogP contribution in [-0.2, 0) is 9.59 Å². The van der Waals surface area contributed by atoms with E-state index in [1.54, 1.807) is 0 Å². The van der Waals surface area contributed by atoms with E-state index in [0.717, 1.165) is 38.5 Å². The van der Waals surface area contributed by atoms with Gasteiger partial charge in [0.1, 0.15) is 0 Å². The van der Waals surface area contributed by atoms with E-state index in [-0.39, 0.29) is 33.0 Å². The number of aliphatic carboxylic acids is 2. The molecular weight excluding hydrogens is 471 g/mol. The average molecular weight is 519 g/mol. The minimum absolute atomic E-state index is 0.182. The fourth-order valence-corrected chi connectivity index (χ4v) is 9.43. The summed E-state index contributed by atoms with van der Waals surface area (Å²) >= 11 is -0.182. The van der Waals surface area contributed by atoms with Crippen LogP contribution in [0.3, 0.4) is 0 Å². The molecule has 29 heavy (non-hydrogen) atoms. The predicted octanol–water partition coefficient (Wildman–Crippen LogP) is 5.03. The molecule has 0 aliphatic heterocycles. The molecule has 0 radical (unpaired) electrons. The Balaban J connectivity index is -0.000000350. The minimum atomic E-state index is -0.893. The van der Waals surface area contributed by atoms with Gasteiger partial charge in [-0.1, -0.05) is 53.4 Å². The number of carboxylic acids is 2. The van der Waals surface area contributed by atoms with Gasteiger partial charge in [-0.15, -0.1) is 0 Å². The number of hydrogen-bond acceptors (Lipinski definition) is 4. The van der Waals surface area contributed by atoms with Crippen molar-refractivity contribution in [3.8, 4) is 0 Å². The first-order chi connectivity index (χ1) is 13.1. The monoisotopic (exact) mass is 520 g/mol. The molecule has 0 bridgehead atoms. The second-order valence-corrected chi connectivity index (χ2v) is 19.0. The number of carbonyl (C=O) groups excluding carboxylic acids is 2. The van der Waals surface area contributed by atoms with Crippen LogP contribution in [0.2, 0.25) is 6.86 Å². The number of rotatable bonds is 10. The fourth-order valence-electron chi connectivity index (χ4n) is 3.00. The van der Waals surface area contributed by atoms with Crippen molar-refractivity contribution in [3.05, 3.63) is 0 Å². The van der Waals surface area contributed by atoms with Crippen molar-refractivity contribution in [1.29, 1.82) is 0 Å². The summed E-state index contributed by atoms with van der Waals surface area (Å²) in [5, 5.41) is 20.7. The van der Waals surface area contributed by atoms with Gasteiger partial charge in [0.05, 0.1) is 0 Å². The van der Waals surface area contributed by atoms with Crippen LogP contribution < -0.4 is 10.2 Å². The molecule has 0 aliphatic carbocycles. The third-order valence-electron chi connectivity index (χ3n) is 4.21. The third-order valence-corrected chi connectivity index (χ3v) is 8.50. The van der Waals surface area contributed by atoms with Crippen LogP contribution in [0.15, 0.2) is 0 Å². The molecule has 0 saturated heterocycles. The van der Waals surface area contributed by atoms with Crippen molar-refractivity contribution in [2.45, 2.75) is 127 Å². The SMILES string of the molecule is CCCCC(CC)C(=O)[O-].CCCCC(CC)C(=O)[O-].C[C](C)(C)[Sn+2][C](C)(C)C. The summed E-state index contributed by atoms with van der Waals surface area (Å²) in [7, 11) is 0. The molecule has 0 fully saturated rings. The van der Waals surface area contributed by atoms with Crippen LogP contribution in [0.4, 0.5) is 0 Å². The Morgan fingerprint density at radius 2 is 0.966 bits per heavy atom. The van der Waals surface area contributed by atoms with Crippen LogP contribution in [0.25, 0.3) is 0 Å². The number of carbonyl (C=O) groups is 2. The molecule has 0 aromatic heterocycles. The predicted molar refractivity (Wildman–Crippen MR) is 122 cm³/mol. The molecule has 172 valence electrons. The maximum absolute atomic E-state index is 10.3. The summed E-state index contributed by atoms with van der Waals surface area (Å²) in [6.45, 7) is 22.1. The molecule has 5 heteroatoms. The van der Waals surface area contributed by atoms with Gasteiger partial charge in [-0.25, -0.2) is 0 Å². The quantitative estimate of drug-likeness (QED) is 0.379. The Bertz CT molecular complexity index is 370. The topological polar surface area (TPSA) is 80.3 Å². The summed E-state index contributed by atoms with van der Waals surface area (Å²) < 4.78 is 1.31. The van der Waals surface area contributed by atoms with E-state index >= 15 is 0 Å². The first kappa shape index (κ1) is 33.4. The van der Waals surface area contributed by atoms with E-state index in [1.807, 2.05) is 13.8 Å². The number of unbranched alkanes of at least 4 members (excludes halogenated alkanes) is 2. The van der Waals surface area contributed by atoms with Crippen molar-refractivity contribution in [2.75, 3.05) is 0 Å². The second-order valence-electron chi connectivity index (χ2n) is 9.76.